The quantitative estimate of drug-likeness (QED) is 0.162. The number of carboxylic acid groups (broad SMARTS) is 1. The molecule has 0 fully saturated rings. The van der Waals surface area contributed by atoms with E-state index in [4.69, 9.17) is 10.8 Å². The standard InChI is InChI=1S/C21H32N4O6S2/c1-12(26)17(25-18(27)14(22)10-13-6-4-3-5-7-13)20(29)23-15(8-9-33-2)19(28)24-16(11-32)21(30)31/h3-7,12,14-17,26,32H,8-11,22H2,1-2H3,(H,23,29)(H,24,28)(H,25,27)(H,30,31). The van der Waals surface area contributed by atoms with Gasteiger partial charge in [-0.05, 0) is 37.3 Å². The van der Waals surface area contributed by atoms with Crippen LogP contribution in [0.15, 0.2) is 30.3 Å². The number of hydrogen-bond donors (Lipinski definition) is 7. The summed E-state index contributed by atoms with van der Waals surface area (Å²) >= 11 is 5.35. The van der Waals surface area contributed by atoms with Crippen LogP contribution in [0.1, 0.15) is 18.9 Å². The predicted octanol–water partition coefficient (Wildman–Crippen LogP) is -0.841. The number of carboxylic acids is 1. The molecular weight excluding hydrogens is 468 g/mol. The van der Waals surface area contributed by atoms with E-state index < -0.39 is 54.0 Å². The number of thiol groups is 1. The van der Waals surface area contributed by atoms with Gasteiger partial charge in [0.1, 0.15) is 18.1 Å². The Morgan fingerprint density at radius 1 is 1.03 bits per heavy atom. The van der Waals surface area contributed by atoms with Crippen molar-refractivity contribution in [3.8, 4) is 0 Å². The van der Waals surface area contributed by atoms with Crippen LogP contribution in [0.2, 0.25) is 0 Å². The highest BCUT2D eigenvalue weighted by molar-refractivity contribution is 7.98. The Hall–Kier alpha value is -2.28. The number of nitrogens with one attached hydrogen (secondary N) is 3. The van der Waals surface area contributed by atoms with Gasteiger partial charge in [0.2, 0.25) is 17.7 Å². The number of carbonyl (C=O) groups is 4. The average molecular weight is 501 g/mol. The van der Waals surface area contributed by atoms with E-state index in [1.165, 1.54) is 18.7 Å². The Balaban J connectivity index is 2.86. The minimum atomic E-state index is -1.36. The van der Waals surface area contributed by atoms with Gasteiger partial charge in [-0.2, -0.15) is 24.4 Å². The summed E-state index contributed by atoms with van der Waals surface area (Å²) in [6.45, 7) is 1.32. The summed E-state index contributed by atoms with van der Waals surface area (Å²) in [5.41, 5.74) is 6.79. The molecule has 0 aliphatic heterocycles. The van der Waals surface area contributed by atoms with Crippen molar-refractivity contribution < 1.29 is 29.4 Å². The van der Waals surface area contributed by atoms with Crippen LogP contribution in [0.4, 0.5) is 0 Å². The van der Waals surface area contributed by atoms with Gasteiger partial charge in [0.15, 0.2) is 0 Å². The number of hydrogen-bond acceptors (Lipinski definition) is 8. The monoisotopic (exact) mass is 500 g/mol. The first-order chi connectivity index (χ1) is 15.6. The molecule has 7 N–H and O–H groups in total. The van der Waals surface area contributed by atoms with Crippen LogP contribution < -0.4 is 21.7 Å². The lowest BCUT2D eigenvalue weighted by Crippen LogP contribution is -2.60. The lowest BCUT2D eigenvalue weighted by atomic mass is 10.0. The zero-order valence-corrected chi connectivity index (χ0v) is 20.3. The van der Waals surface area contributed by atoms with E-state index in [0.717, 1.165) is 5.56 Å². The molecule has 33 heavy (non-hydrogen) atoms. The lowest BCUT2D eigenvalue weighted by molar-refractivity contribution is -0.141. The molecule has 0 heterocycles. The van der Waals surface area contributed by atoms with Crippen LogP contribution in [0.5, 0.6) is 0 Å². The SMILES string of the molecule is CSCCC(NC(=O)C(NC(=O)C(N)Cc1ccccc1)C(C)O)C(=O)NC(CS)C(=O)O. The molecule has 12 heteroatoms. The average Bonchev–Trinajstić information content (AvgIpc) is 2.78. The topological polar surface area (TPSA) is 171 Å². The number of benzene rings is 1. The molecule has 184 valence electrons. The highest BCUT2D eigenvalue weighted by atomic mass is 32.2. The van der Waals surface area contributed by atoms with Gasteiger partial charge in [-0.3, -0.25) is 14.4 Å². The van der Waals surface area contributed by atoms with Crippen molar-refractivity contribution in [2.24, 2.45) is 5.73 Å². The second kappa shape index (κ2) is 14.8. The summed E-state index contributed by atoms with van der Waals surface area (Å²) in [4.78, 5) is 49.1. The summed E-state index contributed by atoms with van der Waals surface area (Å²) in [5, 5.41) is 26.5. The van der Waals surface area contributed by atoms with Crippen LogP contribution in [-0.2, 0) is 25.6 Å². The fourth-order valence-corrected chi connectivity index (χ4v) is 3.57. The van der Waals surface area contributed by atoms with E-state index in [-0.39, 0.29) is 18.6 Å². The summed E-state index contributed by atoms with van der Waals surface area (Å²) in [6.07, 6.45) is 0.995. The lowest BCUT2D eigenvalue weighted by Gasteiger charge is -2.26. The molecule has 10 nitrogen and oxygen atoms in total. The number of aliphatic hydroxyl groups is 1. The maximum atomic E-state index is 12.8. The van der Waals surface area contributed by atoms with Crippen LogP contribution in [0.3, 0.4) is 0 Å². The first kappa shape index (κ1) is 28.8. The number of nitrogens with two attached hydrogens (primary N) is 1. The molecule has 0 spiro atoms. The van der Waals surface area contributed by atoms with Crippen LogP contribution >= 0.6 is 24.4 Å². The zero-order chi connectivity index (χ0) is 25.0. The number of amides is 3. The highest BCUT2D eigenvalue weighted by Crippen LogP contribution is 2.06. The molecular formula is C21H32N4O6S2. The Morgan fingerprint density at radius 3 is 2.15 bits per heavy atom. The van der Waals surface area contributed by atoms with Crippen molar-refractivity contribution >= 4 is 48.1 Å². The van der Waals surface area contributed by atoms with Crippen molar-refractivity contribution in [1.29, 1.82) is 0 Å². The number of thioether (sulfide) groups is 1. The molecule has 3 amide bonds. The normalized spacial score (nSPS) is 15.4. The minimum Gasteiger partial charge on any atom is -0.480 e. The third kappa shape index (κ3) is 10.0. The second-order valence-electron chi connectivity index (χ2n) is 7.45. The molecule has 0 saturated heterocycles. The van der Waals surface area contributed by atoms with Gasteiger partial charge in [0.25, 0.3) is 0 Å². The van der Waals surface area contributed by atoms with E-state index in [9.17, 15) is 24.3 Å². The van der Waals surface area contributed by atoms with Crippen molar-refractivity contribution in [2.75, 3.05) is 17.8 Å². The van der Waals surface area contributed by atoms with Crippen LogP contribution in [-0.4, -0.2) is 81.9 Å². The van der Waals surface area contributed by atoms with E-state index >= 15 is 0 Å². The van der Waals surface area contributed by atoms with E-state index in [1.54, 1.807) is 0 Å². The summed E-state index contributed by atoms with van der Waals surface area (Å²) < 4.78 is 0. The molecule has 5 unspecified atom stereocenters. The smallest absolute Gasteiger partial charge is 0.327 e. The van der Waals surface area contributed by atoms with Crippen molar-refractivity contribution in [3.63, 3.8) is 0 Å². The molecule has 0 aliphatic rings. The molecule has 5 atom stereocenters. The molecule has 0 radical (unpaired) electrons. The summed E-state index contributed by atoms with van der Waals surface area (Å²) in [5.74, 6) is -3.00. The molecule has 0 aromatic heterocycles. The van der Waals surface area contributed by atoms with Crippen molar-refractivity contribution in [2.45, 2.75) is 50.0 Å². The first-order valence-electron chi connectivity index (χ1n) is 10.3. The van der Waals surface area contributed by atoms with Gasteiger partial charge < -0.3 is 31.9 Å². The number of aliphatic carboxylic acids is 1. The molecule has 1 aromatic rings. The summed E-state index contributed by atoms with van der Waals surface area (Å²) in [7, 11) is 0. The summed E-state index contributed by atoms with van der Waals surface area (Å²) in [6, 6.07) is 4.49. The van der Waals surface area contributed by atoms with E-state index in [2.05, 4.69) is 28.6 Å². The third-order valence-corrected chi connectivity index (χ3v) is 5.75. The predicted molar refractivity (Wildman–Crippen MR) is 130 cm³/mol. The first-order valence-corrected chi connectivity index (χ1v) is 12.3. The third-order valence-electron chi connectivity index (χ3n) is 4.74. The van der Waals surface area contributed by atoms with Gasteiger partial charge in [0.05, 0.1) is 12.1 Å². The van der Waals surface area contributed by atoms with Gasteiger partial charge >= 0.3 is 5.97 Å². The minimum absolute atomic E-state index is 0.129. The molecule has 0 saturated carbocycles. The van der Waals surface area contributed by atoms with Crippen LogP contribution in [0.25, 0.3) is 0 Å². The number of carbonyl (C=O) groups excluding carboxylic acids is 3. The molecule has 0 aliphatic carbocycles. The van der Waals surface area contributed by atoms with Gasteiger partial charge in [-0.25, -0.2) is 4.79 Å². The van der Waals surface area contributed by atoms with Gasteiger partial charge in [-0.1, -0.05) is 30.3 Å². The zero-order valence-electron chi connectivity index (χ0n) is 18.6. The molecule has 1 aromatic carbocycles. The van der Waals surface area contributed by atoms with Crippen molar-refractivity contribution in [1.82, 2.24) is 16.0 Å². The largest absolute Gasteiger partial charge is 0.480 e. The molecule has 1 rings (SSSR count). The Kier molecular flexibility index (Phi) is 12.9. The second-order valence-corrected chi connectivity index (χ2v) is 8.80. The van der Waals surface area contributed by atoms with Gasteiger partial charge in [-0.15, -0.1) is 0 Å². The van der Waals surface area contributed by atoms with E-state index in [1.807, 2.05) is 36.6 Å². The Labute approximate surface area is 202 Å². The fourth-order valence-electron chi connectivity index (χ4n) is 2.85. The number of aliphatic hydroxyl groups excluding tert-OH is 1. The van der Waals surface area contributed by atoms with Gasteiger partial charge in [0, 0.05) is 5.75 Å². The Morgan fingerprint density at radius 2 is 1.64 bits per heavy atom. The molecule has 0 bridgehead atoms. The van der Waals surface area contributed by atoms with E-state index in [0.29, 0.717) is 5.75 Å². The maximum Gasteiger partial charge on any atom is 0.327 e. The van der Waals surface area contributed by atoms with Crippen molar-refractivity contribution in [3.05, 3.63) is 35.9 Å². The fraction of sp³-hybridized carbons (Fsp3) is 0.524. The highest BCUT2D eigenvalue weighted by Gasteiger charge is 2.32. The maximum absolute atomic E-state index is 12.8. The number of rotatable bonds is 14. The van der Waals surface area contributed by atoms with Crippen LogP contribution in [0, 0.1) is 0 Å². The Bertz CT molecular complexity index is 796.